The van der Waals surface area contributed by atoms with Crippen molar-refractivity contribution in [3.8, 4) is 0 Å². The zero-order valence-corrected chi connectivity index (χ0v) is 8.69. The number of ether oxygens (including phenoxy) is 1. The van der Waals surface area contributed by atoms with Crippen LogP contribution in [0.5, 0.6) is 0 Å². The fourth-order valence-electron chi connectivity index (χ4n) is 1.22. The number of aliphatic hydroxyl groups is 4. The topological polar surface area (TPSA) is 154 Å². The van der Waals surface area contributed by atoms with Crippen LogP contribution in [0, 0.1) is 0 Å². The molecule has 0 bridgehead atoms. The molecule has 1 aliphatic heterocycles. The van der Waals surface area contributed by atoms with Crippen LogP contribution in [0.1, 0.15) is 0 Å². The van der Waals surface area contributed by atoms with E-state index in [0.717, 1.165) is 0 Å². The van der Waals surface area contributed by atoms with Crippen molar-refractivity contribution in [1.82, 2.24) is 0 Å². The predicted octanol–water partition coefficient (Wildman–Crippen LogP) is -3.39. The van der Waals surface area contributed by atoms with Gasteiger partial charge in [0, 0.05) is 0 Å². The third-order valence-corrected chi connectivity index (χ3v) is 2.50. The monoisotopic (exact) mass is 260 g/mol. The molecule has 1 unspecified atom stereocenters. The van der Waals surface area contributed by atoms with E-state index in [0.29, 0.717) is 0 Å². The van der Waals surface area contributed by atoms with Gasteiger partial charge in [-0.1, -0.05) is 0 Å². The third kappa shape index (κ3) is 3.33. The molecule has 96 valence electrons. The van der Waals surface area contributed by atoms with Crippen molar-refractivity contribution in [2.45, 2.75) is 30.7 Å². The minimum atomic E-state index is -4.71. The van der Waals surface area contributed by atoms with E-state index in [2.05, 4.69) is 8.92 Å². The third-order valence-electron chi connectivity index (χ3n) is 2.07. The van der Waals surface area contributed by atoms with Gasteiger partial charge >= 0.3 is 10.4 Å². The van der Waals surface area contributed by atoms with Crippen molar-refractivity contribution < 1.29 is 42.3 Å². The Bertz CT molecular complexity index is 327. The first kappa shape index (κ1) is 13.7. The highest BCUT2D eigenvalue weighted by Crippen LogP contribution is 2.20. The number of rotatable bonds is 3. The van der Waals surface area contributed by atoms with Gasteiger partial charge in [0.15, 0.2) is 6.29 Å². The molecule has 0 aliphatic carbocycles. The summed E-state index contributed by atoms with van der Waals surface area (Å²) in [5.41, 5.74) is 0. The van der Waals surface area contributed by atoms with E-state index in [1.165, 1.54) is 0 Å². The minimum absolute atomic E-state index is 0.805. The molecular formula is C6H12O9S. The van der Waals surface area contributed by atoms with Gasteiger partial charge in [-0.3, -0.25) is 4.55 Å². The Morgan fingerprint density at radius 3 is 2.12 bits per heavy atom. The van der Waals surface area contributed by atoms with Gasteiger partial charge in [0.25, 0.3) is 0 Å². The average Bonchev–Trinajstić information content (AvgIpc) is 2.17. The average molecular weight is 260 g/mol. The van der Waals surface area contributed by atoms with Gasteiger partial charge < -0.3 is 25.2 Å². The molecule has 0 aromatic rings. The summed E-state index contributed by atoms with van der Waals surface area (Å²) in [6.45, 7) is -0.805. The lowest BCUT2D eigenvalue weighted by atomic mass is 10.00. The van der Waals surface area contributed by atoms with Gasteiger partial charge in [0.05, 0.1) is 6.61 Å². The van der Waals surface area contributed by atoms with E-state index >= 15 is 0 Å². The standard InChI is InChI=1S/C6H12O9S/c7-3-2(1-14-16(11,12)13)15-6(10)5(9)4(3)8/h2-10H,1H2,(H,11,12,13)/t2-,3+,4+,5-,6?/m1/s1. The molecule has 1 fully saturated rings. The van der Waals surface area contributed by atoms with Crippen molar-refractivity contribution in [3.05, 3.63) is 0 Å². The molecule has 0 saturated carbocycles. The van der Waals surface area contributed by atoms with Crippen LogP contribution in [-0.2, 0) is 19.3 Å². The second kappa shape index (κ2) is 4.89. The quantitative estimate of drug-likeness (QED) is 0.327. The maximum absolute atomic E-state index is 10.2. The molecule has 9 nitrogen and oxygen atoms in total. The number of hydrogen-bond acceptors (Lipinski definition) is 8. The van der Waals surface area contributed by atoms with Crippen LogP contribution >= 0.6 is 0 Å². The first-order valence-electron chi connectivity index (χ1n) is 4.22. The first-order chi connectivity index (χ1) is 7.22. The lowest BCUT2D eigenvalue weighted by Crippen LogP contribution is -2.58. The normalized spacial score (nSPS) is 40.9. The molecule has 1 aliphatic rings. The summed E-state index contributed by atoms with van der Waals surface area (Å²) < 4.78 is 37.2. The van der Waals surface area contributed by atoms with E-state index in [1.807, 2.05) is 0 Å². The fourth-order valence-corrected chi connectivity index (χ4v) is 1.53. The van der Waals surface area contributed by atoms with Crippen LogP contribution < -0.4 is 0 Å². The van der Waals surface area contributed by atoms with Crippen LogP contribution in [0.15, 0.2) is 0 Å². The lowest BCUT2D eigenvalue weighted by molar-refractivity contribution is -0.285. The minimum Gasteiger partial charge on any atom is -0.387 e. The summed E-state index contributed by atoms with van der Waals surface area (Å²) in [5, 5.41) is 36.7. The summed E-state index contributed by atoms with van der Waals surface area (Å²) in [4.78, 5) is 0. The van der Waals surface area contributed by atoms with E-state index in [1.54, 1.807) is 0 Å². The van der Waals surface area contributed by atoms with Crippen LogP contribution in [0.25, 0.3) is 0 Å². The van der Waals surface area contributed by atoms with Crippen LogP contribution in [0.3, 0.4) is 0 Å². The molecule has 1 saturated heterocycles. The van der Waals surface area contributed by atoms with Crippen molar-refractivity contribution in [1.29, 1.82) is 0 Å². The Balaban J connectivity index is 2.61. The molecule has 10 heteroatoms. The van der Waals surface area contributed by atoms with Gasteiger partial charge in [-0.2, -0.15) is 8.42 Å². The Morgan fingerprint density at radius 2 is 1.62 bits per heavy atom. The molecule has 0 spiro atoms. The Morgan fingerprint density at radius 1 is 1.06 bits per heavy atom. The summed E-state index contributed by atoms with van der Waals surface area (Å²) >= 11 is 0. The van der Waals surface area contributed by atoms with E-state index in [4.69, 9.17) is 14.8 Å². The predicted molar refractivity (Wildman–Crippen MR) is 46.4 cm³/mol. The van der Waals surface area contributed by atoms with Crippen molar-refractivity contribution >= 4 is 10.4 Å². The molecule has 0 radical (unpaired) electrons. The van der Waals surface area contributed by atoms with Crippen LogP contribution in [-0.4, -0.2) is 70.7 Å². The molecule has 5 N–H and O–H groups in total. The molecule has 1 heterocycles. The Kier molecular flexibility index (Phi) is 4.20. The van der Waals surface area contributed by atoms with E-state index in [-0.39, 0.29) is 0 Å². The summed E-state index contributed by atoms with van der Waals surface area (Å²) in [5.74, 6) is 0. The van der Waals surface area contributed by atoms with Crippen molar-refractivity contribution in [2.75, 3.05) is 6.61 Å². The summed E-state index contributed by atoms with van der Waals surface area (Å²) in [6, 6.07) is 0. The van der Waals surface area contributed by atoms with Crippen LogP contribution in [0.4, 0.5) is 0 Å². The largest absolute Gasteiger partial charge is 0.397 e. The van der Waals surface area contributed by atoms with Crippen LogP contribution in [0.2, 0.25) is 0 Å². The van der Waals surface area contributed by atoms with Gasteiger partial charge in [-0.15, -0.1) is 0 Å². The maximum atomic E-state index is 10.2. The lowest BCUT2D eigenvalue weighted by Gasteiger charge is -2.37. The van der Waals surface area contributed by atoms with Gasteiger partial charge in [0.1, 0.15) is 24.4 Å². The number of hydrogen-bond donors (Lipinski definition) is 5. The fraction of sp³-hybridized carbons (Fsp3) is 1.00. The SMILES string of the molecule is O=S(=O)(O)OC[C@H]1OC(O)[C@H](O)[C@@H](O)[C@H]1O. The summed E-state index contributed by atoms with van der Waals surface area (Å²) in [6.07, 6.45) is -8.25. The molecule has 16 heavy (non-hydrogen) atoms. The molecule has 0 aromatic carbocycles. The Hall–Kier alpha value is -0.330. The maximum Gasteiger partial charge on any atom is 0.397 e. The number of aliphatic hydroxyl groups excluding tert-OH is 4. The zero-order chi connectivity index (χ0) is 12.5. The zero-order valence-electron chi connectivity index (χ0n) is 7.87. The van der Waals surface area contributed by atoms with Gasteiger partial charge in [0.2, 0.25) is 0 Å². The highest BCUT2D eigenvalue weighted by Gasteiger charge is 2.43. The van der Waals surface area contributed by atoms with E-state index < -0.39 is 47.7 Å². The van der Waals surface area contributed by atoms with Gasteiger partial charge in [-0.25, -0.2) is 4.18 Å². The smallest absolute Gasteiger partial charge is 0.387 e. The molecule has 0 amide bonds. The Labute approximate surface area is 90.8 Å². The molecule has 1 rings (SSSR count). The second-order valence-corrected chi connectivity index (χ2v) is 4.34. The van der Waals surface area contributed by atoms with Crippen molar-refractivity contribution in [2.24, 2.45) is 0 Å². The van der Waals surface area contributed by atoms with E-state index in [9.17, 15) is 18.6 Å². The van der Waals surface area contributed by atoms with Gasteiger partial charge in [-0.05, 0) is 0 Å². The first-order valence-corrected chi connectivity index (χ1v) is 5.58. The molecular weight excluding hydrogens is 248 g/mol. The second-order valence-electron chi connectivity index (χ2n) is 3.25. The molecule has 0 aromatic heterocycles. The highest BCUT2D eigenvalue weighted by atomic mass is 32.3. The highest BCUT2D eigenvalue weighted by molar-refractivity contribution is 7.80. The molecule has 5 atom stereocenters. The van der Waals surface area contributed by atoms with Crippen molar-refractivity contribution in [3.63, 3.8) is 0 Å². The summed E-state index contributed by atoms with van der Waals surface area (Å²) in [7, 11) is -4.71.